The van der Waals surface area contributed by atoms with E-state index in [2.05, 4.69) is 5.32 Å². The summed E-state index contributed by atoms with van der Waals surface area (Å²) < 4.78 is 27.5. The third kappa shape index (κ3) is 2.58. The highest BCUT2D eigenvalue weighted by Crippen LogP contribution is 2.31. The molecule has 2 aromatic carbocycles. The second-order valence-electron chi connectivity index (χ2n) is 5.68. The number of piperazine rings is 1. The van der Waals surface area contributed by atoms with Crippen molar-refractivity contribution in [3.63, 3.8) is 0 Å². The highest BCUT2D eigenvalue weighted by molar-refractivity contribution is 7.89. The molecule has 0 saturated carbocycles. The number of nitrogens with zero attached hydrogens (tertiary/aromatic N) is 2. The van der Waals surface area contributed by atoms with Crippen LogP contribution in [-0.2, 0) is 10.0 Å². The van der Waals surface area contributed by atoms with Crippen LogP contribution in [0.2, 0.25) is 0 Å². The van der Waals surface area contributed by atoms with Crippen molar-refractivity contribution in [2.75, 3.05) is 45.2 Å². The molecule has 0 bridgehead atoms. The van der Waals surface area contributed by atoms with Gasteiger partial charge in [0, 0.05) is 56.7 Å². The van der Waals surface area contributed by atoms with Gasteiger partial charge in [-0.2, -0.15) is 4.31 Å². The maximum atomic E-state index is 13.0. The Morgan fingerprint density at radius 1 is 1.00 bits per heavy atom. The Morgan fingerprint density at radius 2 is 1.64 bits per heavy atom. The van der Waals surface area contributed by atoms with E-state index in [0.29, 0.717) is 31.1 Å². The van der Waals surface area contributed by atoms with Gasteiger partial charge in [0.25, 0.3) is 0 Å². The number of fused-ring (bicyclic) bond motifs is 1. The van der Waals surface area contributed by atoms with Crippen molar-refractivity contribution in [2.45, 2.75) is 4.90 Å². The maximum Gasteiger partial charge on any atom is 0.243 e. The van der Waals surface area contributed by atoms with Gasteiger partial charge in [0.15, 0.2) is 0 Å². The van der Waals surface area contributed by atoms with E-state index in [0.717, 1.165) is 16.5 Å². The van der Waals surface area contributed by atoms with Gasteiger partial charge in [0.1, 0.15) is 0 Å². The Balaban J connectivity index is 2.17. The fourth-order valence-electron chi connectivity index (χ4n) is 2.90. The normalized spacial score (nSPS) is 16.8. The third-order valence-electron chi connectivity index (χ3n) is 4.03. The van der Waals surface area contributed by atoms with Crippen molar-refractivity contribution >= 4 is 26.5 Å². The SMILES string of the molecule is CN(C)c1cccc2c(S(=O)(=O)N3CCNCC3)cccc12. The summed E-state index contributed by atoms with van der Waals surface area (Å²) in [5, 5.41) is 4.93. The summed E-state index contributed by atoms with van der Waals surface area (Å²) in [6.07, 6.45) is 0. The summed E-state index contributed by atoms with van der Waals surface area (Å²) in [4.78, 5) is 2.40. The summed E-state index contributed by atoms with van der Waals surface area (Å²) in [7, 11) is 0.473. The number of sulfonamides is 1. The number of hydrogen-bond acceptors (Lipinski definition) is 4. The monoisotopic (exact) mass is 319 g/mol. The molecular weight excluding hydrogens is 298 g/mol. The van der Waals surface area contributed by atoms with Gasteiger partial charge in [-0.05, 0) is 12.1 Å². The summed E-state index contributed by atoms with van der Waals surface area (Å²) in [5.41, 5.74) is 1.02. The van der Waals surface area contributed by atoms with Crippen LogP contribution >= 0.6 is 0 Å². The van der Waals surface area contributed by atoms with Crippen LogP contribution in [0, 0.1) is 0 Å². The first-order valence-corrected chi connectivity index (χ1v) is 8.86. The highest BCUT2D eigenvalue weighted by Gasteiger charge is 2.27. The van der Waals surface area contributed by atoms with E-state index >= 15 is 0 Å². The van der Waals surface area contributed by atoms with Crippen molar-refractivity contribution in [3.8, 4) is 0 Å². The Morgan fingerprint density at radius 3 is 2.32 bits per heavy atom. The number of nitrogens with one attached hydrogen (secondary N) is 1. The standard InChI is InChI=1S/C16H21N3O2S/c1-18(2)15-7-3-6-14-13(15)5-4-8-16(14)22(20,21)19-11-9-17-10-12-19/h3-8,17H,9-12H2,1-2H3. The molecule has 1 N–H and O–H groups in total. The van der Waals surface area contributed by atoms with Crippen LogP contribution in [0.25, 0.3) is 10.8 Å². The van der Waals surface area contributed by atoms with Crippen LogP contribution in [0.15, 0.2) is 41.3 Å². The molecule has 0 aliphatic carbocycles. The number of rotatable bonds is 3. The smallest absolute Gasteiger partial charge is 0.243 e. The van der Waals surface area contributed by atoms with Gasteiger partial charge in [0.05, 0.1) is 4.90 Å². The largest absolute Gasteiger partial charge is 0.377 e. The molecule has 1 heterocycles. The molecule has 0 amide bonds. The van der Waals surface area contributed by atoms with Crippen LogP contribution in [-0.4, -0.2) is 53.0 Å². The van der Waals surface area contributed by atoms with E-state index < -0.39 is 10.0 Å². The predicted octanol–water partition coefficient (Wildman–Crippen LogP) is 1.50. The number of hydrogen-bond donors (Lipinski definition) is 1. The first-order valence-electron chi connectivity index (χ1n) is 7.42. The minimum absolute atomic E-state index is 0.399. The Labute approximate surface area is 131 Å². The molecule has 0 radical (unpaired) electrons. The Bertz CT molecular complexity index is 781. The van der Waals surface area contributed by atoms with Gasteiger partial charge in [-0.15, -0.1) is 0 Å². The highest BCUT2D eigenvalue weighted by atomic mass is 32.2. The average Bonchev–Trinajstić information content (AvgIpc) is 2.54. The maximum absolute atomic E-state index is 13.0. The molecule has 22 heavy (non-hydrogen) atoms. The molecule has 3 rings (SSSR count). The predicted molar refractivity (Wildman–Crippen MR) is 89.9 cm³/mol. The first kappa shape index (κ1) is 15.3. The molecule has 5 nitrogen and oxygen atoms in total. The topological polar surface area (TPSA) is 52.7 Å². The number of anilines is 1. The van der Waals surface area contributed by atoms with E-state index in [1.165, 1.54) is 0 Å². The zero-order valence-electron chi connectivity index (χ0n) is 12.9. The van der Waals surface area contributed by atoms with Crippen LogP contribution in [0.3, 0.4) is 0 Å². The fourth-order valence-corrected chi connectivity index (χ4v) is 4.55. The minimum Gasteiger partial charge on any atom is -0.377 e. The second kappa shape index (κ2) is 5.87. The molecule has 0 unspecified atom stereocenters. The second-order valence-corrected chi connectivity index (χ2v) is 7.58. The van der Waals surface area contributed by atoms with E-state index in [1.54, 1.807) is 10.4 Å². The van der Waals surface area contributed by atoms with Crippen LogP contribution in [0.1, 0.15) is 0 Å². The number of benzene rings is 2. The lowest BCUT2D eigenvalue weighted by atomic mass is 10.1. The lowest BCUT2D eigenvalue weighted by Crippen LogP contribution is -2.46. The molecule has 2 aromatic rings. The summed E-state index contributed by atoms with van der Waals surface area (Å²) >= 11 is 0. The third-order valence-corrected chi connectivity index (χ3v) is 5.99. The van der Waals surface area contributed by atoms with Gasteiger partial charge in [0.2, 0.25) is 10.0 Å². The molecule has 1 aliphatic rings. The van der Waals surface area contributed by atoms with E-state index in [1.807, 2.05) is 49.3 Å². The van der Waals surface area contributed by atoms with Crippen LogP contribution in [0.4, 0.5) is 5.69 Å². The summed E-state index contributed by atoms with van der Waals surface area (Å²) in [6.45, 7) is 2.44. The van der Waals surface area contributed by atoms with E-state index in [9.17, 15) is 8.42 Å². The van der Waals surface area contributed by atoms with Crippen LogP contribution in [0.5, 0.6) is 0 Å². The van der Waals surface area contributed by atoms with E-state index in [-0.39, 0.29) is 0 Å². The molecule has 6 heteroatoms. The molecule has 1 fully saturated rings. The Hall–Kier alpha value is -1.63. The van der Waals surface area contributed by atoms with Crippen molar-refractivity contribution in [1.29, 1.82) is 0 Å². The fraction of sp³-hybridized carbons (Fsp3) is 0.375. The van der Waals surface area contributed by atoms with Crippen molar-refractivity contribution < 1.29 is 8.42 Å². The molecule has 0 spiro atoms. The molecule has 1 saturated heterocycles. The van der Waals surface area contributed by atoms with Gasteiger partial charge in [-0.25, -0.2) is 8.42 Å². The van der Waals surface area contributed by atoms with Gasteiger partial charge in [-0.3, -0.25) is 0 Å². The van der Waals surface area contributed by atoms with Crippen molar-refractivity contribution in [2.24, 2.45) is 0 Å². The minimum atomic E-state index is -3.46. The Kier molecular flexibility index (Phi) is 4.08. The molecular formula is C16H21N3O2S. The van der Waals surface area contributed by atoms with Gasteiger partial charge < -0.3 is 10.2 Å². The summed E-state index contributed by atoms with van der Waals surface area (Å²) in [6, 6.07) is 11.3. The molecule has 0 atom stereocenters. The lowest BCUT2D eigenvalue weighted by molar-refractivity contribution is 0.360. The molecule has 0 aromatic heterocycles. The first-order chi connectivity index (χ1) is 10.5. The molecule has 118 valence electrons. The zero-order valence-corrected chi connectivity index (χ0v) is 13.7. The van der Waals surface area contributed by atoms with Crippen LogP contribution < -0.4 is 10.2 Å². The summed E-state index contributed by atoms with van der Waals surface area (Å²) in [5.74, 6) is 0. The van der Waals surface area contributed by atoms with Crippen molar-refractivity contribution in [3.05, 3.63) is 36.4 Å². The zero-order chi connectivity index (χ0) is 15.7. The quantitative estimate of drug-likeness (QED) is 0.931. The lowest BCUT2D eigenvalue weighted by Gasteiger charge is -2.27. The van der Waals surface area contributed by atoms with Gasteiger partial charge >= 0.3 is 0 Å². The van der Waals surface area contributed by atoms with Gasteiger partial charge in [-0.1, -0.05) is 24.3 Å². The average molecular weight is 319 g/mol. The van der Waals surface area contributed by atoms with Crippen molar-refractivity contribution in [1.82, 2.24) is 9.62 Å². The van der Waals surface area contributed by atoms with E-state index in [4.69, 9.17) is 0 Å². The molecule has 1 aliphatic heterocycles.